The maximum absolute atomic E-state index is 12.0. The van der Waals surface area contributed by atoms with Gasteiger partial charge in [0.1, 0.15) is 0 Å². The molecule has 1 aliphatic rings. The van der Waals surface area contributed by atoms with Gasteiger partial charge in [-0.2, -0.15) is 0 Å². The third-order valence-electron chi connectivity index (χ3n) is 4.68. The first-order valence-electron chi connectivity index (χ1n) is 9.21. The van der Waals surface area contributed by atoms with E-state index in [1.807, 2.05) is 14.0 Å². The molecule has 144 valence electrons. The highest BCUT2D eigenvalue weighted by molar-refractivity contribution is 14.0. The number of hydrogen-bond acceptors (Lipinski definition) is 3. The molecule has 0 radical (unpaired) electrons. The highest BCUT2D eigenvalue weighted by Crippen LogP contribution is 2.22. The van der Waals surface area contributed by atoms with Gasteiger partial charge in [0.05, 0.1) is 0 Å². The lowest BCUT2D eigenvalue weighted by molar-refractivity contribution is 0.300. The standard InChI is InChI=1S/C17H36N4OS.HI/c1-5-21(6-2)13-9-12-19-17(18-4)20-15-10-8-11-16(14-15)23(22)7-3;/h15-16H,5-14H2,1-4H3,(H2,18,19,20);1H. The molecular weight excluding hydrogens is 435 g/mol. The summed E-state index contributed by atoms with van der Waals surface area (Å²) >= 11 is 0. The molecule has 0 aromatic carbocycles. The number of hydrogen-bond donors (Lipinski definition) is 2. The Labute approximate surface area is 168 Å². The number of nitrogens with zero attached hydrogens (tertiary/aromatic N) is 2. The fraction of sp³-hybridized carbons (Fsp3) is 0.941. The summed E-state index contributed by atoms with van der Waals surface area (Å²) in [5.74, 6) is 1.66. The largest absolute Gasteiger partial charge is 0.356 e. The Balaban J connectivity index is 0.00000529. The molecule has 2 N–H and O–H groups in total. The van der Waals surface area contributed by atoms with Gasteiger partial charge in [0.15, 0.2) is 5.96 Å². The summed E-state index contributed by atoms with van der Waals surface area (Å²) in [6, 6.07) is 0.401. The van der Waals surface area contributed by atoms with Gasteiger partial charge in [0, 0.05) is 41.4 Å². The van der Waals surface area contributed by atoms with Crippen LogP contribution in [0.25, 0.3) is 0 Å². The van der Waals surface area contributed by atoms with Crippen LogP contribution in [0.4, 0.5) is 0 Å². The Bertz CT molecular complexity index is 378. The Morgan fingerprint density at radius 1 is 1.25 bits per heavy atom. The zero-order valence-electron chi connectivity index (χ0n) is 15.8. The molecular formula is C17H37IN4OS. The van der Waals surface area contributed by atoms with E-state index in [4.69, 9.17) is 0 Å². The quantitative estimate of drug-likeness (QED) is 0.235. The molecule has 1 rings (SSSR count). The lowest BCUT2D eigenvalue weighted by atomic mass is 9.95. The van der Waals surface area contributed by atoms with E-state index in [1.165, 1.54) is 0 Å². The van der Waals surface area contributed by atoms with Crippen molar-refractivity contribution >= 4 is 40.7 Å². The summed E-state index contributed by atoms with van der Waals surface area (Å²) in [5.41, 5.74) is 0. The highest BCUT2D eigenvalue weighted by Gasteiger charge is 2.25. The molecule has 0 bridgehead atoms. The molecule has 0 aliphatic heterocycles. The van der Waals surface area contributed by atoms with Crippen LogP contribution in [0.1, 0.15) is 52.9 Å². The first-order valence-corrected chi connectivity index (χ1v) is 10.6. The predicted octanol–water partition coefficient (Wildman–Crippen LogP) is 2.58. The van der Waals surface area contributed by atoms with E-state index in [-0.39, 0.29) is 24.0 Å². The SMILES string of the molecule is CCN(CC)CCCNC(=NC)NC1CCCC(S(=O)CC)C1.I. The summed E-state index contributed by atoms with van der Waals surface area (Å²) < 4.78 is 12.0. The first kappa shape index (κ1) is 24.1. The number of halogens is 1. The molecule has 0 spiro atoms. The molecule has 0 aromatic heterocycles. The van der Waals surface area contributed by atoms with E-state index in [9.17, 15) is 4.21 Å². The van der Waals surface area contributed by atoms with Crippen LogP contribution in [0.5, 0.6) is 0 Å². The second-order valence-corrected chi connectivity index (χ2v) is 8.18. The Morgan fingerprint density at radius 2 is 1.96 bits per heavy atom. The average Bonchev–Trinajstić information content (AvgIpc) is 2.60. The van der Waals surface area contributed by atoms with Crippen LogP contribution in [0.15, 0.2) is 4.99 Å². The van der Waals surface area contributed by atoms with Crippen LogP contribution in [0, 0.1) is 0 Å². The fourth-order valence-electron chi connectivity index (χ4n) is 3.19. The van der Waals surface area contributed by atoms with E-state index in [1.54, 1.807) is 0 Å². The van der Waals surface area contributed by atoms with Gasteiger partial charge in [0.2, 0.25) is 0 Å². The second kappa shape index (κ2) is 14.3. The van der Waals surface area contributed by atoms with Gasteiger partial charge in [0.25, 0.3) is 0 Å². The van der Waals surface area contributed by atoms with E-state index in [2.05, 4.69) is 34.4 Å². The van der Waals surface area contributed by atoms with Crippen molar-refractivity contribution in [2.45, 2.75) is 64.2 Å². The first-order chi connectivity index (χ1) is 11.1. The predicted molar refractivity (Wildman–Crippen MR) is 117 cm³/mol. The summed E-state index contributed by atoms with van der Waals surface area (Å²) in [6.07, 6.45) is 5.54. The molecule has 3 unspecified atom stereocenters. The summed E-state index contributed by atoms with van der Waals surface area (Å²) in [5, 5.41) is 7.29. The normalized spacial score (nSPS) is 22.8. The topological polar surface area (TPSA) is 56.7 Å². The summed E-state index contributed by atoms with van der Waals surface area (Å²) in [7, 11) is 1.15. The highest BCUT2D eigenvalue weighted by atomic mass is 127. The summed E-state index contributed by atoms with van der Waals surface area (Å²) in [6.45, 7) is 10.7. The van der Waals surface area contributed by atoms with Crippen LogP contribution in [-0.2, 0) is 10.8 Å². The van der Waals surface area contributed by atoms with Crippen molar-refractivity contribution in [3.63, 3.8) is 0 Å². The summed E-state index contributed by atoms with van der Waals surface area (Å²) in [4.78, 5) is 6.77. The third-order valence-corrected chi connectivity index (χ3v) is 6.43. The molecule has 0 aromatic rings. The van der Waals surface area contributed by atoms with Crippen LogP contribution < -0.4 is 10.6 Å². The van der Waals surface area contributed by atoms with Gasteiger partial charge in [-0.05, 0) is 45.3 Å². The van der Waals surface area contributed by atoms with Crippen LogP contribution in [-0.4, -0.2) is 65.3 Å². The molecule has 0 amide bonds. The Kier molecular flexibility index (Phi) is 14.4. The van der Waals surface area contributed by atoms with E-state index >= 15 is 0 Å². The van der Waals surface area contributed by atoms with Crippen molar-refractivity contribution in [3.8, 4) is 0 Å². The van der Waals surface area contributed by atoms with E-state index in [0.29, 0.717) is 11.3 Å². The van der Waals surface area contributed by atoms with Gasteiger partial charge in [-0.1, -0.05) is 27.2 Å². The lowest BCUT2D eigenvalue weighted by Crippen LogP contribution is -2.47. The van der Waals surface area contributed by atoms with E-state index in [0.717, 1.165) is 70.0 Å². The second-order valence-electron chi connectivity index (χ2n) is 6.18. The minimum Gasteiger partial charge on any atom is -0.356 e. The smallest absolute Gasteiger partial charge is 0.191 e. The average molecular weight is 472 g/mol. The van der Waals surface area contributed by atoms with Crippen molar-refractivity contribution in [1.82, 2.24) is 15.5 Å². The molecule has 3 atom stereocenters. The molecule has 1 aliphatic carbocycles. The maximum Gasteiger partial charge on any atom is 0.191 e. The molecule has 24 heavy (non-hydrogen) atoms. The van der Waals surface area contributed by atoms with Gasteiger partial charge < -0.3 is 15.5 Å². The minimum atomic E-state index is -0.671. The van der Waals surface area contributed by atoms with Gasteiger partial charge in [-0.25, -0.2) is 0 Å². The third kappa shape index (κ3) is 8.99. The van der Waals surface area contributed by atoms with Crippen LogP contribution in [0.2, 0.25) is 0 Å². The maximum atomic E-state index is 12.0. The van der Waals surface area contributed by atoms with Gasteiger partial charge in [-0.15, -0.1) is 24.0 Å². The minimum absolute atomic E-state index is 0. The number of rotatable bonds is 9. The van der Waals surface area contributed by atoms with Crippen molar-refractivity contribution in [1.29, 1.82) is 0 Å². The van der Waals surface area contributed by atoms with Gasteiger partial charge >= 0.3 is 0 Å². The van der Waals surface area contributed by atoms with Crippen molar-refractivity contribution < 1.29 is 4.21 Å². The van der Waals surface area contributed by atoms with Crippen molar-refractivity contribution in [2.24, 2.45) is 4.99 Å². The fourth-order valence-corrected chi connectivity index (χ4v) is 4.54. The molecule has 0 saturated heterocycles. The van der Waals surface area contributed by atoms with Crippen LogP contribution >= 0.6 is 24.0 Å². The van der Waals surface area contributed by atoms with Gasteiger partial charge in [-0.3, -0.25) is 9.20 Å². The Morgan fingerprint density at radius 3 is 2.54 bits per heavy atom. The van der Waals surface area contributed by atoms with Crippen LogP contribution in [0.3, 0.4) is 0 Å². The van der Waals surface area contributed by atoms with Crippen molar-refractivity contribution in [2.75, 3.05) is 39.0 Å². The molecule has 7 heteroatoms. The zero-order valence-corrected chi connectivity index (χ0v) is 19.0. The zero-order chi connectivity index (χ0) is 17.1. The molecule has 1 saturated carbocycles. The van der Waals surface area contributed by atoms with E-state index < -0.39 is 10.8 Å². The Hall–Kier alpha value is 0.110. The van der Waals surface area contributed by atoms with Crippen molar-refractivity contribution in [3.05, 3.63) is 0 Å². The monoisotopic (exact) mass is 472 g/mol. The number of aliphatic imine (C=N–C) groups is 1. The number of nitrogens with one attached hydrogen (secondary N) is 2. The molecule has 1 fully saturated rings. The number of guanidine groups is 1. The molecule has 0 heterocycles. The molecule has 5 nitrogen and oxygen atoms in total. The lowest BCUT2D eigenvalue weighted by Gasteiger charge is -2.30.